The number of carbonyl (C=O) groups is 1. The third-order valence-corrected chi connectivity index (χ3v) is 5.72. The van der Waals surface area contributed by atoms with E-state index >= 15 is 0 Å². The Morgan fingerprint density at radius 3 is 2.71 bits per heavy atom. The minimum atomic E-state index is -0.323. The van der Waals surface area contributed by atoms with Crippen molar-refractivity contribution in [2.75, 3.05) is 12.9 Å². The smallest absolute Gasteiger partial charge is 0.266 e. The number of methoxy groups -OCH3 is 1. The predicted octanol–water partition coefficient (Wildman–Crippen LogP) is 4.28. The number of rotatable bonds is 8. The van der Waals surface area contributed by atoms with Crippen LogP contribution in [0.5, 0.6) is 5.75 Å². The Bertz CT molecular complexity index is 1410. The van der Waals surface area contributed by atoms with Crippen molar-refractivity contribution < 1.29 is 13.9 Å². The number of thioether (sulfide) groups is 1. The number of nitrogens with zero attached hydrogens (tertiary/aromatic N) is 3. The van der Waals surface area contributed by atoms with E-state index in [1.807, 2.05) is 19.1 Å². The van der Waals surface area contributed by atoms with E-state index in [9.17, 15) is 9.59 Å². The molecule has 34 heavy (non-hydrogen) atoms. The van der Waals surface area contributed by atoms with Crippen molar-refractivity contribution in [2.45, 2.75) is 12.1 Å². The van der Waals surface area contributed by atoms with Crippen LogP contribution in [0, 0.1) is 0 Å². The second-order valence-electron chi connectivity index (χ2n) is 7.24. The molecule has 1 N–H and O–H groups in total. The van der Waals surface area contributed by atoms with Crippen LogP contribution in [0.15, 0.2) is 92.0 Å². The van der Waals surface area contributed by atoms with E-state index in [1.165, 1.54) is 10.8 Å². The molecule has 2 aromatic heterocycles. The summed E-state index contributed by atoms with van der Waals surface area (Å²) in [5, 5.41) is 4.88. The Labute approximate surface area is 200 Å². The first-order valence-corrected chi connectivity index (χ1v) is 11.4. The average Bonchev–Trinajstić information content (AvgIpc) is 3.36. The van der Waals surface area contributed by atoms with Crippen molar-refractivity contribution in [3.63, 3.8) is 0 Å². The van der Waals surface area contributed by atoms with Crippen LogP contribution in [0.1, 0.15) is 12.7 Å². The Kier molecular flexibility index (Phi) is 7.24. The molecule has 4 rings (SSSR count). The van der Waals surface area contributed by atoms with E-state index in [0.717, 1.165) is 17.3 Å². The summed E-state index contributed by atoms with van der Waals surface area (Å²) in [6.07, 6.45) is 4.92. The third kappa shape index (κ3) is 5.44. The summed E-state index contributed by atoms with van der Waals surface area (Å²) in [4.78, 5) is 30.3. The Morgan fingerprint density at radius 1 is 1.18 bits per heavy atom. The summed E-state index contributed by atoms with van der Waals surface area (Å²) in [6, 6.07) is 17.8. The number of para-hydroxylation sites is 1. The average molecular weight is 475 g/mol. The van der Waals surface area contributed by atoms with Crippen molar-refractivity contribution in [2.24, 2.45) is 5.10 Å². The number of furan rings is 1. The summed E-state index contributed by atoms with van der Waals surface area (Å²) in [5.41, 5.74) is 4.29. The van der Waals surface area contributed by atoms with Gasteiger partial charge < -0.3 is 9.15 Å². The first-order valence-electron chi connectivity index (χ1n) is 10.4. The summed E-state index contributed by atoms with van der Waals surface area (Å²) in [5.74, 6) is 1.08. The fourth-order valence-electron chi connectivity index (χ4n) is 3.17. The maximum absolute atomic E-state index is 13.3. The van der Waals surface area contributed by atoms with Gasteiger partial charge >= 0.3 is 0 Å². The van der Waals surface area contributed by atoms with E-state index < -0.39 is 0 Å². The minimum Gasteiger partial charge on any atom is -0.497 e. The van der Waals surface area contributed by atoms with Gasteiger partial charge in [0.25, 0.3) is 11.5 Å². The van der Waals surface area contributed by atoms with Gasteiger partial charge in [-0.1, -0.05) is 23.9 Å². The van der Waals surface area contributed by atoms with E-state index in [1.54, 1.807) is 68.0 Å². The molecule has 0 bridgehead atoms. The molecular formula is C25H22N4O4S. The number of hydrogen-bond donors (Lipinski definition) is 1. The normalized spacial score (nSPS) is 11.8. The number of carbonyl (C=O) groups excluding carboxylic acids is 1. The second kappa shape index (κ2) is 10.7. The molecule has 0 spiro atoms. The number of hydrazone groups is 1. The lowest BCUT2D eigenvalue weighted by molar-refractivity contribution is -0.118. The number of aromatic nitrogens is 2. The van der Waals surface area contributed by atoms with Crippen molar-refractivity contribution in [3.8, 4) is 11.4 Å². The van der Waals surface area contributed by atoms with Gasteiger partial charge in [0, 0.05) is 0 Å². The Hall–Kier alpha value is -4.11. The van der Waals surface area contributed by atoms with Crippen molar-refractivity contribution >= 4 is 40.9 Å². The fraction of sp³-hybridized carbons (Fsp3) is 0.120. The number of hydrogen-bond acceptors (Lipinski definition) is 7. The highest BCUT2D eigenvalue weighted by molar-refractivity contribution is 7.99. The summed E-state index contributed by atoms with van der Waals surface area (Å²) in [6.45, 7) is 1.85. The quantitative estimate of drug-likeness (QED) is 0.177. The summed E-state index contributed by atoms with van der Waals surface area (Å²) in [7, 11) is 1.58. The van der Waals surface area contributed by atoms with Gasteiger partial charge in [-0.3, -0.25) is 14.2 Å². The molecule has 9 heteroatoms. The second-order valence-corrected chi connectivity index (χ2v) is 8.18. The summed E-state index contributed by atoms with van der Waals surface area (Å²) >= 11 is 1.16. The molecular weight excluding hydrogens is 452 g/mol. The van der Waals surface area contributed by atoms with Crippen molar-refractivity contribution in [1.29, 1.82) is 0 Å². The third-order valence-electron chi connectivity index (χ3n) is 4.78. The molecule has 0 radical (unpaired) electrons. The zero-order chi connectivity index (χ0) is 23.9. The molecule has 0 saturated carbocycles. The molecule has 172 valence electrons. The van der Waals surface area contributed by atoms with Gasteiger partial charge in [-0.15, -0.1) is 0 Å². The number of ether oxygens (including phenoxy) is 1. The van der Waals surface area contributed by atoms with Crippen LogP contribution in [0.25, 0.3) is 22.7 Å². The highest BCUT2D eigenvalue weighted by atomic mass is 32.2. The van der Waals surface area contributed by atoms with Crippen LogP contribution in [-0.2, 0) is 4.79 Å². The molecule has 2 aromatic carbocycles. The van der Waals surface area contributed by atoms with Gasteiger partial charge in [-0.05, 0) is 67.1 Å². The van der Waals surface area contributed by atoms with Crippen LogP contribution in [0.2, 0.25) is 0 Å². The number of nitrogens with one attached hydrogen (secondary N) is 1. The van der Waals surface area contributed by atoms with Crippen molar-refractivity contribution in [3.05, 3.63) is 88.6 Å². The fourth-order valence-corrected chi connectivity index (χ4v) is 3.98. The van der Waals surface area contributed by atoms with Crippen LogP contribution in [0.3, 0.4) is 0 Å². The molecule has 2 heterocycles. The SMILES string of the molecule is COc1ccc(-n2c(SCC(=O)N/N=C\C(C)=C/c3ccco3)nc3ccccc3c2=O)cc1. The molecule has 8 nitrogen and oxygen atoms in total. The minimum absolute atomic E-state index is 0.0270. The number of benzene rings is 2. The zero-order valence-electron chi connectivity index (χ0n) is 18.6. The maximum Gasteiger partial charge on any atom is 0.266 e. The van der Waals surface area contributed by atoms with E-state index in [4.69, 9.17) is 9.15 Å². The molecule has 0 fully saturated rings. The number of allylic oxidation sites excluding steroid dienone is 1. The lowest BCUT2D eigenvalue weighted by atomic mass is 10.2. The van der Waals surface area contributed by atoms with E-state index in [0.29, 0.717) is 33.3 Å². The molecule has 0 aliphatic rings. The molecule has 1 amide bonds. The highest BCUT2D eigenvalue weighted by Crippen LogP contribution is 2.22. The first-order chi connectivity index (χ1) is 16.5. The van der Waals surface area contributed by atoms with Crippen LogP contribution >= 0.6 is 11.8 Å². The molecule has 0 atom stereocenters. The monoisotopic (exact) mass is 474 g/mol. The molecule has 0 aliphatic heterocycles. The molecule has 0 aliphatic carbocycles. The van der Waals surface area contributed by atoms with Gasteiger partial charge in [-0.25, -0.2) is 10.4 Å². The Balaban J connectivity index is 1.53. The Morgan fingerprint density at radius 2 is 1.97 bits per heavy atom. The van der Waals surface area contributed by atoms with Gasteiger partial charge in [-0.2, -0.15) is 5.10 Å². The molecule has 0 unspecified atom stereocenters. The molecule has 0 saturated heterocycles. The topological polar surface area (TPSA) is 98.7 Å². The lowest BCUT2D eigenvalue weighted by Crippen LogP contribution is -2.24. The number of amides is 1. The standard InChI is InChI=1S/C25H22N4O4S/c1-17(14-20-6-5-13-33-20)15-26-28-23(30)16-34-25-27-22-8-4-3-7-21(22)24(31)29(25)18-9-11-19(32-2)12-10-18/h3-15H,16H2,1-2H3,(H,28,30)/b17-14-,26-15-. The van der Waals surface area contributed by atoms with E-state index in [2.05, 4.69) is 15.5 Å². The number of fused-ring (bicyclic) bond motifs is 1. The zero-order valence-corrected chi connectivity index (χ0v) is 19.4. The maximum atomic E-state index is 13.3. The van der Waals surface area contributed by atoms with Crippen molar-refractivity contribution in [1.82, 2.24) is 15.0 Å². The van der Waals surface area contributed by atoms with Gasteiger partial charge in [0.15, 0.2) is 5.16 Å². The van der Waals surface area contributed by atoms with Gasteiger partial charge in [0.2, 0.25) is 0 Å². The lowest BCUT2D eigenvalue weighted by Gasteiger charge is -2.13. The van der Waals surface area contributed by atoms with Crippen LogP contribution in [-0.4, -0.2) is 34.5 Å². The first kappa shape index (κ1) is 23.1. The van der Waals surface area contributed by atoms with Gasteiger partial charge in [0.1, 0.15) is 11.5 Å². The van der Waals surface area contributed by atoms with Crippen LogP contribution < -0.4 is 15.7 Å². The molecule has 4 aromatic rings. The largest absolute Gasteiger partial charge is 0.497 e. The highest BCUT2D eigenvalue weighted by Gasteiger charge is 2.15. The van der Waals surface area contributed by atoms with Gasteiger partial charge in [0.05, 0.1) is 41.9 Å². The summed E-state index contributed by atoms with van der Waals surface area (Å²) < 4.78 is 12.0. The van der Waals surface area contributed by atoms with E-state index in [-0.39, 0.29) is 17.2 Å². The predicted molar refractivity (Wildman–Crippen MR) is 134 cm³/mol. The van der Waals surface area contributed by atoms with Crippen LogP contribution in [0.4, 0.5) is 0 Å².